The SMILES string of the molecule is [2H]C([2H])([2H])c1cnc(-c2[c-]ccc3c2sc2nc(F)ccc23)cc1-c1ccccc1.[CH3][Ge]([CH3])([CH3])[c]1ccc(-c2[c-]cccc2)nc1.[Ir]. The molecule has 7 rings (SSSR count). The van der Waals surface area contributed by atoms with Gasteiger partial charge in [0.05, 0.1) is 0 Å². The maximum absolute atomic E-state index is 13.6. The summed E-state index contributed by atoms with van der Waals surface area (Å²) < 4.78 is 39.7. The summed E-state index contributed by atoms with van der Waals surface area (Å²) in [5, 5.41) is 1.81. The van der Waals surface area contributed by atoms with E-state index in [1.807, 2.05) is 66.9 Å². The second-order valence-corrected chi connectivity index (χ2v) is 22.8. The van der Waals surface area contributed by atoms with E-state index in [0.29, 0.717) is 16.1 Å². The first-order chi connectivity index (χ1) is 22.0. The van der Waals surface area contributed by atoms with Crippen molar-refractivity contribution in [1.82, 2.24) is 15.0 Å². The van der Waals surface area contributed by atoms with Crippen molar-refractivity contribution in [2.24, 2.45) is 0 Å². The number of rotatable bonds is 4. The molecule has 1 radical (unpaired) electrons. The average Bonchev–Trinajstić information content (AvgIpc) is 3.42. The molecule has 44 heavy (non-hydrogen) atoms. The van der Waals surface area contributed by atoms with Crippen molar-refractivity contribution in [1.29, 1.82) is 0 Å². The molecule has 3 aromatic carbocycles. The third-order valence-corrected chi connectivity index (χ3v) is 12.5. The van der Waals surface area contributed by atoms with Crippen LogP contribution in [0.15, 0.2) is 109 Å². The van der Waals surface area contributed by atoms with Crippen LogP contribution in [0.2, 0.25) is 17.3 Å². The van der Waals surface area contributed by atoms with Crippen LogP contribution in [0.3, 0.4) is 0 Å². The first-order valence-corrected chi connectivity index (χ1v) is 22.0. The van der Waals surface area contributed by atoms with Gasteiger partial charge in [0.15, 0.2) is 0 Å². The van der Waals surface area contributed by atoms with Gasteiger partial charge >= 0.3 is 99.8 Å². The van der Waals surface area contributed by atoms with Gasteiger partial charge in [0.25, 0.3) is 0 Å². The van der Waals surface area contributed by atoms with Crippen molar-refractivity contribution in [3.05, 3.63) is 133 Å². The molecule has 0 saturated heterocycles. The molecule has 7 heteroatoms. The summed E-state index contributed by atoms with van der Waals surface area (Å²) in [6.07, 6.45) is 3.46. The maximum atomic E-state index is 13.6. The van der Waals surface area contributed by atoms with E-state index in [0.717, 1.165) is 37.9 Å². The van der Waals surface area contributed by atoms with Gasteiger partial charge in [-0.3, -0.25) is 0 Å². The molecule has 0 saturated carbocycles. The molecule has 0 aliphatic heterocycles. The van der Waals surface area contributed by atoms with Crippen molar-refractivity contribution in [3.8, 4) is 33.6 Å². The molecule has 7 aromatic rings. The number of halogens is 1. The molecule has 4 heterocycles. The Morgan fingerprint density at radius 2 is 1.59 bits per heavy atom. The van der Waals surface area contributed by atoms with Gasteiger partial charge in [-0.25, -0.2) is 4.98 Å². The Labute approximate surface area is 282 Å². The molecule has 0 aliphatic rings. The summed E-state index contributed by atoms with van der Waals surface area (Å²) in [5.41, 5.74) is 5.04. The van der Waals surface area contributed by atoms with Gasteiger partial charge in [-0.2, -0.15) is 15.7 Å². The molecule has 0 amide bonds. The molecule has 4 aromatic heterocycles. The molecule has 0 aliphatic carbocycles. The smallest absolute Gasteiger partial charge is 0 e. The fourth-order valence-corrected chi connectivity index (χ4v) is 8.13. The zero-order valence-corrected chi connectivity index (χ0v) is 29.7. The minimum absolute atomic E-state index is 0. The van der Waals surface area contributed by atoms with E-state index in [-0.39, 0.29) is 25.7 Å². The fraction of sp³-hybridized carbons (Fsp3) is 0.108. The van der Waals surface area contributed by atoms with Crippen molar-refractivity contribution in [2.45, 2.75) is 24.1 Å². The Morgan fingerprint density at radius 1 is 0.795 bits per heavy atom. The number of aromatic nitrogens is 3. The normalized spacial score (nSPS) is 12.4. The van der Waals surface area contributed by atoms with Crippen molar-refractivity contribution in [2.75, 3.05) is 0 Å². The van der Waals surface area contributed by atoms with Gasteiger partial charge in [-0.1, -0.05) is 41.8 Å². The third kappa shape index (κ3) is 6.89. The van der Waals surface area contributed by atoms with Gasteiger partial charge in [-0.15, -0.1) is 23.8 Å². The molecule has 221 valence electrons. The van der Waals surface area contributed by atoms with Crippen LogP contribution in [0, 0.1) is 24.9 Å². The number of benzene rings is 3. The van der Waals surface area contributed by atoms with Crippen LogP contribution in [0.5, 0.6) is 0 Å². The molecule has 0 fully saturated rings. The second-order valence-electron chi connectivity index (χ2n) is 11.1. The van der Waals surface area contributed by atoms with E-state index in [4.69, 9.17) is 4.11 Å². The van der Waals surface area contributed by atoms with Crippen LogP contribution in [-0.2, 0) is 20.1 Å². The molecule has 0 bridgehead atoms. The number of pyridine rings is 3. The number of thiophene rings is 1. The number of hydrogen-bond acceptors (Lipinski definition) is 4. The van der Waals surface area contributed by atoms with E-state index in [1.165, 1.54) is 28.0 Å². The van der Waals surface area contributed by atoms with E-state index < -0.39 is 26.1 Å². The quantitative estimate of drug-likeness (QED) is 0.101. The maximum Gasteiger partial charge on any atom is 0 e. The van der Waals surface area contributed by atoms with E-state index in [9.17, 15) is 4.39 Å². The van der Waals surface area contributed by atoms with E-state index >= 15 is 0 Å². The van der Waals surface area contributed by atoms with E-state index in [2.05, 4.69) is 56.5 Å². The number of nitrogens with zero attached hydrogens (tertiary/aromatic N) is 3. The first kappa shape index (κ1) is 28.0. The van der Waals surface area contributed by atoms with Gasteiger partial charge in [0, 0.05) is 35.8 Å². The van der Waals surface area contributed by atoms with Gasteiger partial charge in [0.2, 0.25) is 5.95 Å². The van der Waals surface area contributed by atoms with Crippen LogP contribution in [0.4, 0.5) is 4.39 Å². The number of hydrogen-bond donors (Lipinski definition) is 0. The Bertz CT molecular complexity index is 2130. The Morgan fingerprint density at radius 3 is 2.30 bits per heavy atom. The predicted octanol–water partition coefficient (Wildman–Crippen LogP) is 9.52. The first-order valence-electron chi connectivity index (χ1n) is 15.4. The Kier molecular flexibility index (Phi) is 8.65. The molecular weight excluding hydrogens is 802 g/mol. The molecule has 0 unspecified atom stereocenters. The van der Waals surface area contributed by atoms with Crippen LogP contribution < -0.4 is 4.40 Å². The molecular formula is C37H30FGeIrN3S-2. The standard InChI is InChI=1S/C23H14FN2S.C14H16GeN.Ir/c1-14-13-25-20(12-19(14)15-6-3-2-4-7-15)18-9-5-8-16-17-10-11-21(24)26-23(17)27-22(16)18;1-15(2,3)13-9-10-14(16-11-13)12-7-5-4-6-8-12;/h2-8,10-13H,1H3;4-7,9-11H,1-3H3;/q2*-1;/i1D3;;. The number of fused-ring (bicyclic) bond motifs is 3. The van der Waals surface area contributed by atoms with Gasteiger partial charge in [0.1, 0.15) is 4.83 Å². The van der Waals surface area contributed by atoms with Crippen LogP contribution in [-0.4, -0.2) is 28.2 Å². The zero-order chi connectivity index (χ0) is 32.5. The molecule has 0 spiro atoms. The van der Waals surface area contributed by atoms with Crippen LogP contribution in [0.1, 0.15) is 9.68 Å². The molecule has 0 atom stereocenters. The summed E-state index contributed by atoms with van der Waals surface area (Å²) in [4.78, 5) is 13.6. The van der Waals surface area contributed by atoms with Gasteiger partial charge in [-0.05, 0) is 46.1 Å². The predicted molar refractivity (Wildman–Crippen MR) is 181 cm³/mol. The Hall–Kier alpha value is -3.55. The summed E-state index contributed by atoms with van der Waals surface area (Å²) in [6, 6.07) is 36.7. The third-order valence-electron chi connectivity index (χ3n) is 7.12. The van der Waals surface area contributed by atoms with E-state index in [1.54, 1.807) is 18.2 Å². The molecule has 3 nitrogen and oxygen atoms in total. The average molecular weight is 836 g/mol. The summed E-state index contributed by atoms with van der Waals surface area (Å²) in [7, 11) is 0. The number of aryl methyl sites for hydroxylation is 1. The summed E-state index contributed by atoms with van der Waals surface area (Å²) >= 11 is -0.341. The zero-order valence-electron chi connectivity index (χ0n) is 27.4. The van der Waals surface area contributed by atoms with Crippen molar-refractivity contribution in [3.63, 3.8) is 0 Å². The van der Waals surface area contributed by atoms with Crippen LogP contribution in [0.25, 0.3) is 53.9 Å². The topological polar surface area (TPSA) is 38.7 Å². The van der Waals surface area contributed by atoms with Crippen molar-refractivity contribution < 1.29 is 28.6 Å². The molecule has 0 N–H and O–H groups in total. The largest absolute Gasteiger partial charge is 0 e. The second kappa shape index (κ2) is 13.6. The minimum Gasteiger partial charge on any atom is 0 e. The summed E-state index contributed by atoms with van der Waals surface area (Å²) in [6.45, 7) is -2.29. The fourth-order valence-electron chi connectivity index (χ4n) is 4.79. The summed E-state index contributed by atoms with van der Waals surface area (Å²) in [5.74, 6) is 6.62. The van der Waals surface area contributed by atoms with Crippen LogP contribution >= 0.6 is 11.3 Å². The monoisotopic (exact) mass is 837 g/mol. The minimum atomic E-state index is -2.29. The Balaban J connectivity index is 0.000000217. The van der Waals surface area contributed by atoms with Crippen molar-refractivity contribution >= 4 is 49.3 Å². The van der Waals surface area contributed by atoms with Gasteiger partial charge < -0.3 is 4.98 Å².